The van der Waals surface area contributed by atoms with Crippen LogP contribution in [-0.2, 0) is 0 Å². The van der Waals surface area contributed by atoms with Crippen molar-refractivity contribution >= 4 is 11.7 Å². The second-order valence-corrected chi connectivity index (χ2v) is 2.83. The number of hydrogen-bond acceptors (Lipinski definition) is 3. The first kappa shape index (κ1) is 9.51. The minimum Gasteiger partial charge on any atom is -0.384 e. The van der Waals surface area contributed by atoms with Gasteiger partial charge in [0, 0.05) is 25.4 Å². The van der Waals surface area contributed by atoms with Crippen LogP contribution in [0.1, 0.15) is 12.5 Å². The van der Waals surface area contributed by atoms with Crippen molar-refractivity contribution in [1.29, 1.82) is 5.41 Å². The summed E-state index contributed by atoms with van der Waals surface area (Å²) in [6, 6.07) is 3.54. The van der Waals surface area contributed by atoms with E-state index in [9.17, 15) is 0 Å². The summed E-state index contributed by atoms with van der Waals surface area (Å²) in [6.45, 7) is 2.93. The summed E-state index contributed by atoms with van der Waals surface area (Å²) in [6.07, 6.45) is 1.66. The Kier molecular flexibility index (Phi) is 2.84. The lowest BCUT2D eigenvalue weighted by Gasteiger charge is -2.15. The summed E-state index contributed by atoms with van der Waals surface area (Å²) in [7, 11) is 1.95. The molecule has 4 heteroatoms. The van der Waals surface area contributed by atoms with Gasteiger partial charge in [0.25, 0.3) is 0 Å². The van der Waals surface area contributed by atoms with E-state index in [1.54, 1.807) is 12.3 Å². The molecule has 0 radical (unpaired) electrons. The Bertz CT molecular complexity index is 308. The molecular formula is C9H14N4. The van der Waals surface area contributed by atoms with Crippen molar-refractivity contribution in [3.05, 3.63) is 23.9 Å². The molecule has 0 aliphatic rings. The van der Waals surface area contributed by atoms with Crippen molar-refractivity contribution in [1.82, 2.24) is 4.98 Å². The van der Waals surface area contributed by atoms with Gasteiger partial charge in [0.2, 0.25) is 0 Å². The molecular weight excluding hydrogens is 164 g/mol. The number of aromatic nitrogens is 1. The minimum absolute atomic E-state index is 0.0770. The van der Waals surface area contributed by atoms with Gasteiger partial charge >= 0.3 is 0 Å². The quantitative estimate of drug-likeness (QED) is 0.532. The van der Waals surface area contributed by atoms with Crippen LogP contribution in [0.5, 0.6) is 0 Å². The van der Waals surface area contributed by atoms with Gasteiger partial charge in [-0.25, -0.2) is 4.98 Å². The van der Waals surface area contributed by atoms with Crippen LogP contribution in [0.3, 0.4) is 0 Å². The second-order valence-electron chi connectivity index (χ2n) is 2.83. The lowest BCUT2D eigenvalue weighted by molar-refractivity contribution is 0.938. The molecule has 0 saturated heterocycles. The molecule has 0 aromatic carbocycles. The molecule has 0 aliphatic heterocycles. The maximum absolute atomic E-state index is 7.26. The Morgan fingerprint density at radius 3 is 2.92 bits per heavy atom. The molecule has 1 rings (SSSR count). The molecule has 0 spiro atoms. The molecule has 0 bridgehead atoms. The van der Waals surface area contributed by atoms with E-state index < -0.39 is 0 Å². The molecule has 0 unspecified atom stereocenters. The number of pyridine rings is 1. The predicted octanol–water partition coefficient (Wildman–Crippen LogP) is 0.822. The van der Waals surface area contributed by atoms with Crippen molar-refractivity contribution < 1.29 is 0 Å². The number of nitrogens with one attached hydrogen (secondary N) is 1. The molecule has 70 valence electrons. The van der Waals surface area contributed by atoms with Gasteiger partial charge in [0.15, 0.2) is 0 Å². The predicted molar refractivity (Wildman–Crippen MR) is 54.2 cm³/mol. The fourth-order valence-corrected chi connectivity index (χ4v) is 0.957. The zero-order valence-corrected chi connectivity index (χ0v) is 7.91. The normalized spacial score (nSPS) is 9.69. The number of nitrogens with two attached hydrogens (primary N) is 1. The highest BCUT2D eigenvalue weighted by atomic mass is 15.1. The summed E-state index contributed by atoms with van der Waals surface area (Å²) >= 11 is 0. The Morgan fingerprint density at radius 1 is 1.69 bits per heavy atom. The average molecular weight is 178 g/mol. The van der Waals surface area contributed by atoms with Crippen LogP contribution in [-0.4, -0.2) is 24.4 Å². The van der Waals surface area contributed by atoms with E-state index in [1.807, 2.05) is 24.9 Å². The van der Waals surface area contributed by atoms with Crippen LogP contribution in [0.15, 0.2) is 18.3 Å². The monoisotopic (exact) mass is 178 g/mol. The van der Waals surface area contributed by atoms with E-state index in [0.29, 0.717) is 5.56 Å². The third-order valence-electron chi connectivity index (χ3n) is 1.92. The smallest absolute Gasteiger partial charge is 0.128 e. The Labute approximate surface area is 77.9 Å². The Morgan fingerprint density at radius 2 is 2.38 bits per heavy atom. The van der Waals surface area contributed by atoms with Crippen LogP contribution in [0.25, 0.3) is 0 Å². The second kappa shape index (κ2) is 3.89. The highest BCUT2D eigenvalue weighted by molar-refractivity contribution is 5.95. The summed E-state index contributed by atoms with van der Waals surface area (Å²) in [5.74, 6) is 0.920. The van der Waals surface area contributed by atoms with Crippen LogP contribution in [0.4, 0.5) is 5.82 Å². The first-order chi connectivity index (χ1) is 6.15. The average Bonchev–Trinajstić information content (AvgIpc) is 2.17. The topological polar surface area (TPSA) is 66.0 Å². The Hall–Kier alpha value is -1.58. The molecule has 13 heavy (non-hydrogen) atoms. The molecule has 0 aliphatic carbocycles. The summed E-state index contributed by atoms with van der Waals surface area (Å²) < 4.78 is 0. The molecule has 1 aromatic rings. The third-order valence-corrected chi connectivity index (χ3v) is 1.92. The van der Waals surface area contributed by atoms with E-state index in [4.69, 9.17) is 11.1 Å². The van der Waals surface area contributed by atoms with Crippen LogP contribution in [0.2, 0.25) is 0 Å². The van der Waals surface area contributed by atoms with Crippen LogP contribution < -0.4 is 10.6 Å². The fraction of sp³-hybridized carbons (Fsp3) is 0.333. The zero-order chi connectivity index (χ0) is 9.84. The SMILES string of the molecule is CCN(C)c1cc(C(=N)N)ccn1. The van der Waals surface area contributed by atoms with E-state index >= 15 is 0 Å². The number of anilines is 1. The van der Waals surface area contributed by atoms with Crippen molar-refractivity contribution in [2.75, 3.05) is 18.5 Å². The van der Waals surface area contributed by atoms with Gasteiger partial charge in [0.1, 0.15) is 11.7 Å². The minimum atomic E-state index is 0.0770. The highest BCUT2D eigenvalue weighted by Crippen LogP contribution is 2.09. The van der Waals surface area contributed by atoms with Gasteiger partial charge in [-0.1, -0.05) is 0 Å². The van der Waals surface area contributed by atoms with Crippen molar-refractivity contribution in [3.63, 3.8) is 0 Å². The Balaban J connectivity index is 2.98. The lowest BCUT2D eigenvalue weighted by Crippen LogP contribution is -2.18. The first-order valence-electron chi connectivity index (χ1n) is 4.16. The van der Waals surface area contributed by atoms with E-state index in [2.05, 4.69) is 4.98 Å². The molecule has 3 N–H and O–H groups in total. The van der Waals surface area contributed by atoms with E-state index in [0.717, 1.165) is 12.4 Å². The van der Waals surface area contributed by atoms with Gasteiger partial charge in [0.05, 0.1) is 0 Å². The summed E-state index contributed by atoms with van der Waals surface area (Å²) in [5.41, 5.74) is 6.07. The van der Waals surface area contributed by atoms with E-state index in [-0.39, 0.29) is 5.84 Å². The van der Waals surface area contributed by atoms with Gasteiger partial charge < -0.3 is 10.6 Å². The van der Waals surface area contributed by atoms with Crippen LogP contribution >= 0.6 is 0 Å². The molecule has 1 aromatic heterocycles. The van der Waals surface area contributed by atoms with Gasteiger partial charge in [-0.2, -0.15) is 0 Å². The number of hydrogen-bond donors (Lipinski definition) is 2. The molecule has 4 nitrogen and oxygen atoms in total. The largest absolute Gasteiger partial charge is 0.384 e. The van der Waals surface area contributed by atoms with Gasteiger partial charge in [-0.05, 0) is 19.1 Å². The molecule has 0 amide bonds. The number of nitrogens with zero attached hydrogens (tertiary/aromatic N) is 2. The number of rotatable bonds is 3. The highest BCUT2D eigenvalue weighted by Gasteiger charge is 2.02. The van der Waals surface area contributed by atoms with Gasteiger partial charge in [-0.15, -0.1) is 0 Å². The number of amidine groups is 1. The maximum atomic E-state index is 7.26. The number of nitrogen functional groups attached to an aromatic ring is 1. The zero-order valence-electron chi connectivity index (χ0n) is 7.91. The lowest BCUT2D eigenvalue weighted by atomic mass is 10.2. The van der Waals surface area contributed by atoms with Crippen molar-refractivity contribution in [2.45, 2.75) is 6.92 Å². The standard InChI is InChI=1S/C9H14N4/c1-3-13(2)8-6-7(9(10)11)4-5-12-8/h4-6H,3H2,1-2H3,(H3,10,11). The summed E-state index contributed by atoms with van der Waals surface area (Å²) in [4.78, 5) is 6.16. The van der Waals surface area contributed by atoms with Crippen LogP contribution in [0, 0.1) is 5.41 Å². The third kappa shape index (κ3) is 2.18. The molecule has 0 saturated carbocycles. The van der Waals surface area contributed by atoms with Crippen molar-refractivity contribution in [2.24, 2.45) is 5.73 Å². The summed E-state index contributed by atoms with van der Waals surface area (Å²) in [5, 5.41) is 7.26. The molecule has 0 atom stereocenters. The van der Waals surface area contributed by atoms with E-state index in [1.165, 1.54) is 0 Å². The molecule has 0 fully saturated rings. The van der Waals surface area contributed by atoms with Crippen molar-refractivity contribution in [3.8, 4) is 0 Å². The maximum Gasteiger partial charge on any atom is 0.128 e. The van der Waals surface area contributed by atoms with Gasteiger partial charge in [-0.3, -0.25) is 5.41 Å². The fourth-order valence-electron chi connectivity index (χ4n) is 0.957. The first-order valence-corrected chi connectivity index (χ1v) is 4.16. The molecule has 1 heterocycles.